The number of benzene rings is 2. The third-order valence-corrected chi connectivity index (χ3v) is 5.78. The predicted octanol–water partition coefficient (Wildman–Crippen LogP) is 3.82. The topological polar surface area (TPSA) is 61.6 Å². The summed E-state index contributed by atoms with van der Waals surface area (Å²) >= 11 is 0. The minimum Gasteiger partial charge on any atom is -0.497 e. The molecular weight excluding hydrogens is 334 g/mol. The standard InChI is InChI=1S/C20H27NO3S/c1-20(2,25(21)22)14-17(15-9-11-18(23-3)12-10-15)13-16-7-5-6-8-19(16)24-4/h5-12,17H,13-14,21H2,1-4H3/t17-,25?/m1/s1. The number of nitrogens with two attached hydrogens (primary N) is 1. The summed E-state index contributed by atoms with van der Waals surface area (Å²) in [4.78, 5) is 0. The van der Waals surface area contributed by atoms with E-state index in [9.17, 15) is 4.21 Å². The van der Waals surface area contributed by atoms with Gasteiger partial charge in [0, 0.05) is 0 Å². The Balaban J connectivity index is 2.35. The van der Waals surface area contributed by atoms with Crippen LogP contribution in [0.4, 0.5) is 0 Å². The van der Waals surface area contributed by atoms with E-state index in [0.717, 1.165) is 23.5 Å². The number of methoxy groups -OCH3 is 2. The van der Waals surface area contributed by atoms with E-state index in [-0.39, 0.29) is 5.92 Å². The zero-order valence-corrected chi connectivity index (χ0v) is 16.1. The Bertz CT molecular complexity index is 713. The van der Waals surface area contributed by atoms with Crippen molar-refractivity contribution in [2.24, 2.45) is 5.14 Å². The molecule has 5 heteroatoms. The summed E-state index contributed by atoms with van der Waals surface area (Å²) in [6, 6.07) is 16.0. The number of rotatable bonds is 8. The van der Waals surface area contributed by atoms with Crippen molar-refractivity contribution in [2.45, 2.75) is 37.4 Å². The first-order valence-corrected chi connectivity index (χ1v) is 9.51. The van der Waals surface area contributed by atoms with Gasteiger partial charge in [-0.2, -0.15) is 0 Å². The fraction of sp³-hybridized carbons (Fsp3) is 0.400. The van der Waals surface area contributed by atoms with Crippen LogP contribution in [0.25, 0.3) is 0 Å². The van der Waals surface area contributed by atoms with Crippen LogP contribution in [0.3, 0.4) is 0 Å². The van der Waals surface area contributed by atoms with Gasteiger partial charge < -0.3 is 9.47 Å². The molecule has 0 spiro atoms. The Hall–Kier alpha value is -1.85. The lowest BCUT2D eigenvalue weighted by Crippen LogP contribution is -2.34. The first-order valence-electron chi connectivity index (χ1n) is 8.29. The van der Waals surface area contributed by atoms with Crippen molar-refractivity contribution in [3.63, 3.8) is 0 Å². The summed E-state index contributed by atoms with van der Waals surface area (Å²) in [7, 11) is 1.94. The molecule has 136 valence electrons. The van der Waals surface area contributed by atoms with Gasteiger partial charge >= 0.3 is 0 Å². The van der Waals surface area contributed by atoms with Gasteiger partial charge in [-0.05, 0) is 61.9 Å². The fourth-order valence-electron chi connectivity index (χ4n) is 3.00. The molecule has 2 aromatic rings. The average molecular weight is 362 g/mol. The van der Waals surface area contributed by atoms with Crippen LogP contribution >= 0.6 is 0 Å². The van der Waals surface area contributed by atoms with E-state index >= 15 is 0 Å². The first-order chi connectivity index (χ1) is 11.9. The van der Waals surface area contributed by atoms with E-state index in [4.69, 9.17) is 14.6 Å². The molecule has 0 saturated heterocycles. The summed E-state index contributed by atoms with van der Waals surface area (Å²) in [5.74, 6) is 1.86. The van der Waals surface area contributed by atoms with Crippen LogP contribution in [-0.2, 0) is 17.4 Å². The van der Waals surface area contributed by atoms with E-state index < -0.39 is 15.7 Å². The molecule has 2 atom stereocenters. The monoisotopic (exact) mass is 361 g/mol. The van der Waals surface area contributed by atoms with Gasteiger partial charge in [0.25, 0.3) is 0 Å². The van der Waals surface area contributed by atoms with Crippen molar-refractivity contribution < 1.29 is 13.7 Å². The molecule has 0 amide bonds. The highest BCUT2D eigenvalue weighted by molar-refractivity contribution is 7.84. The molecule has 0 bridgehead atoms. The summed E-state index contributed by atoms with van der Waals surface area (Å²) < 4.78 is 22.2. The summed E-state index contributed by atoms with van der Waals surface area (Å²) in [6.07, 6.45) is 1.50. The third kappa shape index (κ3) is 5.06. The molecule has 0 aliphatic carbocycles. The van der Waals surface area contributed by atoms with Gasteiger partial charge in [-0.25, -0.2) is 4.21 Å². The minimum atomic E-state index is -1.40. The van der Waals surface area contributed by atoms with E-state index in [2.05, 4.69) is 18.2 Å². The normalized spacial score (nSPS) is 14.0. The Labute approximate surface area is 152 Å². The second-order valence-corrected chi connectivity index (χ2v) is 8.45. The maximum atomic E-state index is 12.0. The number of ether oxygens (including phenoxy) is 2. The van der Waals surface area contributed by atoms with Gasteiger partial charge in [-0.3, -0.25) is 5.14 Å². The van der Waals surface area contributed by atoms with E-state index in [0.29, 0.717) is 6.42 Å². The lowest BCUT2D eigenvalue weighted by atomic mass is 9.85. The number of hydrogen-bond donors (Lipinski definition) is 1. The molecule has 25 heavy (non-hydrogen) atoms. The van der Waals surface area contributed by atoms with Gasteiger partial charge in [-0.15, -0.1) is 0 Å². The zero-order chi connectivity index (χ0) is 18.4. The molecule has 0 heterocycles. The van der Waals surface area contributed by atoms with Crippen LogP contribution in [0.1, 0.15) is 37.3 Å². The van der Waals surface area contributed by atoms with Crippen LogP contribution in [0.15, 0.2) is 48.5 Å². The molecule has 0 aliphatic heterocycles. The largest absolute Gasteiger partial charge is 0.497 e. The van der Waals surface area contributed by atoms with Crippen molar-refractivity contribution in [3.05, 3.63) is 59.7 Å². The van der Waals surface area contributed by atoms with E-state index in [1.807, 2.05) is 44.2 Å². The molecule has 2 N–H and O–H groups in total. The van der Waals surface area contributed by atoms with Crippen molar-refractivity contribution >= 4 is 11.0 Å². The second kappa shape index (κ2) is 8.50. The highest BCUT2D eigenvalue weighted by Crippen LogP contribution is 2.34. The maximum absolute atomic E-state index is 12.0. The Morgan fingerprint density at radius 2 is 1.68 bits per heavy atom. The smallest absolute Gasteiger partial charge is 0.122 e. The van der Waals surface area contributed by atoms with Gasteiger partial charge in [-0.1, -0.05) is 30.3 Å². The average Bonchev–Trinajstić information content (AvgIpc) is 2.61. The number of hydrogen-bond acceptors (Lipinski definition) is 3. The summed E-state index contributed by atoms with van der Waals surface area (Å²) in [5.41, 5.74) is 2.30. The van der Waals surface area contributed by atoms with Crippen molar-refractivity contribution in [2.75, 3.05) is 14.2 Å². The van der Waals surface area contributed by atoms with Crippen molar-refractivity contribution in [3.8, 4) is 11.5 Å². The molecular formula is C20H27NO3S. The molecule has 4 nitrogen and oxygen atoms in total. The van der Waals surface area contributed by atoms with Gasteiger partial charge in [0.2, 0.25) is 0 Å². The van der Waals surface area contributed by atoms with Gasteiger partial charge in [0.05, 0.1) is 30.0 Å². The van der Waals surface area contributed by atoms with Crippen LogP contribution in [0.2, 0.25) is 0 Å². The molecule has 0 aromatic heterocycles. The van der Waals surface area contributed by atoms with Gasteiger partial charge in [0.15, 0.2) is 0 Å². The molecule has 2 rings (SSSR count). The first kappa shape index (κ1) is 19.5. The van der Waals surface area contributed by atoms with E-state index in [1.54, 1.807) is 14.2 Å². The minimum absolute atomic E-state index is 0.171. The fourth-order valence-corrected chi connectivity index (χ4v) is 3.36. The predicted molar refractivity (Wildman–Crippen MR) is 103 cm³/mol. The lowest BCUT2D eigenvalue weighted by Gasteiger charge is -2.28. The molecule has 0 saturated carbocycles. The Morgan fingerprint density at radius 3 is 2.24 bits per heavy atom. The second-order valence-electron chi connectivity index (χ2n) is 6.75. The molecule has 0 fully saturated rings. The SMILES string of the molecule is COc1ccc([C@H](Cc2ccccc2OC)CC(C)(C)S(N)=O)cc1. The van der Waals surface area contributed by atoms with E-state index in [1.165, 1.54) is 5.56 Å². The molecule has 0 aliphatic rings. The van der Waals surface area contributed by atoms with Crippen LogP contribution in [-0.4, -0.2) is 23.2 Å². The number of para-hydroxylation sites is 1. The zero-order valence-electron chi connectivity index (χ0n) is 15.3. The highest BCUT2D eigenvalue weighted by Gasteiger charge is 2.29. The maximum Gasteiger partial charge on any atom is 0.122 e. The highest BCUT2D eigenvalue weighted by atomic mass is 32.2. The van der Waals surface area contributed by atoms with Crippen molar-refractivity contribution in [1.82, 2.24) is 0 Å². The molecule has 1 unspecified atom stereocenters. The Kier molecular flexibility index (Phi) is 6.62. The molecule has 0 radical (unpaired) electrons. The summed E-state index contributed by atoms with van der Waals surface area (Å²) in [6.45, 7) is 3.89. The quantitative estimate of drug-likeness (QED) is 0.777. The lowest BCUT2D eigenvalue weighted by molar-refractivity contribution is 0.405. The van der Waals surface area contributed by atoms with Gasteiger partial charge in [0.1, 0.15) is 11.5 Å². The molecule has 2 aromatic carbocycles. The van der Waals surface area contributed by atoms with Crippen molar-refractivity contribution in [1.29, 1.82) is 0 Å². The summed E-state index contributed by atoms with van der Waals surface area (Å²) in [5, 5.41) is 5.72. The third-order valence-electron chi connectivity index (χ3n) is 4.53. The van der Waals surface area contributed by atoms with Crippen LogP contribution in [0, 0.1) is 0 Å². The van der Waals surface area contributed by atoms with Crippen LogP contribution in [0.5, 0.6) is 11.5 Å². The Morgan fingerprint density at radius 1 is 1.04 bits per heavy atom. The van der Waals surface area contributed by atoms with Crippen LogP contribution < -0.4 is 14.6 Å².